The van der Waals surface area contributed by atoms with Gasteiger partial charge in [-0.15, -0.1) is 0 Å². The Morgan fingerprint density at radius 2 is 1.76 bits per heavy atom. The van der Waals surface area contributed by atoms with Gasteiger partial charge in [0.1, 0.15) is 17.3 Å². The Kier molecular flexibility index (Phi) is 8.72. The minimum absolute atomic E-state index is 0.0207. The second kappa shape index (κ2) is 12.3. The van der Waals surface area contributed by atoms with Crippen molar-refractivity contribution in [2.75, 3.05) is 44.1 Å². The number of anilines is 2. The van der Waals surface area contributed by atoms with Gasteiger partial charge in [0.05, 0.1) is 38.3 Å². The molecule has 196 valence electrons. The van der Waals surface area contributed by atoms with E-state index in [9.17, 15) is 9.59 Å². The molecule has 1 aliphatic heterocycles. The first kappa shape index (κ1) is 26.1. The number of rotatable bonds is 11. The molecule has 2 heterocycles. The summed E-state index contributed by atoms with van der Waals surface area (Å²) in [4.78, 5) is 30.8. The van der Waals surface area contributed by atoms with E-state index in [0.29, 0.717) is 34.9 Å². The van der Waals surface area contributed by atoms with Gasteiger partial charge in [-0.3, -0.25) is 9.59 Å². The summed E-state index contributed by atoms with van der Waals surface area (Å²) in [7, 11) is 3.08. The van der Waals surface area contributed by atoms with Gasteiger partial charge in [-0.05, 0) is 61.7 Å². The Hall–Kier alpha value is -3.94. The van der Waals surface area contributed by atoms with Crippen molar-refractivity contribution in [3.63, 3.8) is 0 Å². The molecule has 3 aromatic rings. The number of nitrogens with zero attached hydrogens (tertiary/aromatic N) is 2. The Morgan fingerprint density at radius 1 is 1.03 bits per heavy atom. The summed E-state index contributed by atoms with van der Waals surface area (Å²) >= 11 is 0. The first-order valence-corrected chi connectivity index (χ1v) is 12.8. The molecule has 2 amide bonds. The van der Waals surface area contributed by atoms with Gasteiger partial charge < -0.3 is 29.0 Å². The van der Waals surface area contributed by atoms with Crippen LogP contribution in [0.3, 0.4) is 0 Å². The highest BCUT2D eigenvalue weighted by molar-refractivity contribution is 6.06. The van der Waals surface area contributed by atoms with Gasteiger partial charge in [-0.1, -0.05) is 13.3 Å². The van der Waals surface area contributed by atoms with Gasteiger partial charge in [0.15, 0.2) is 0 Å². The monoisotopic (exact) mass is 505 g/mol. The molecular weight excluding hydrogens is 470 g/mol. The molecule has 0 radical (unpaired) electrons. The van der Waals surface area contributed by atoms with Crippen molar-refractivity contribution in [1.82, 2.24) is 4.90 Å². The van der Waals surface area contributed by atoms with E-state index in [4.69, 9.17) is 13.9 Å². The van der Waals surface area contributed by atoms with Crippen molar-refractivity contribution in [3.05, 3.63) is 71.7 Å². The lowest BCUT2D eigenvalue weighted by molar-refractivity contribution is 0.0793. The predicted molar refractivity (Wildman–Crippen MR) is 144 cm³/mol. The summed E-state index contributed by atoms with van der Waals surface area (Å²) in [6.45, 7) is 4.97. The van der Waals surface area contributed by atoms with Crippen molar-refractivity contribution in [1.29, 1.82) is 0 Å². The van der Waals surface area contributed by atoms with Crippen LogP contribution in [-0.2, 0) is 6.54 Å². The summed E-state index contributed by atoms with van der Waals surface area (Å²) in [5.74, 6) is 1.54. The number of amides is 2. The van der Waals surface area contributed by atoms with E-state index in [0.717, 1.165) is 56.8 Å². The van der Waals surface area contributed by atoms with Crippen molar-refractivity contribution < 1.29 is 23.5 Å². The third-order valence-electron chi connectivity index (χ3n) is 6.54. The lowest BCUT2D eigenvalue weighted by Gasteiger charge is -2.28. The molecule has 1 aliphatic rings. The van der Waals surface area contributed by atoms with E-state index in [1.165, 1.54) is 0 Å². The second-order valence-electron chi connectivity index (χ2n) is 9.14. The topological polar surface area (TPSA) is 84.3 Å². The maximum atomic E-state index is 13.7. The average molecular weight is 506 g/mol. The van der Waals surface area contributed by atoms with Gasteiger partial charge in [0.25, 0.3) is 11.8 Å². The number of methoxy groups -OCH3 is 2. The zero-order valence-electron chi connectivity index (χ0n) is 21.8. The number of nitrogens with one attached hydrogen (secondary N) is 1. The standard InChI is InChI=1S/C29H35N3O5/c1-4-5-12-32(20-23-9-8-15-37-23)27-11-10-22(18-26(27)29(34)31-13-6-7-14-31)30-28(33)21-16-24(35-2)19-25(17-21)36-3/h8-11,15-19H,4-7,12-14,20H2,1-3H3,(H,30,33). The third kappa shape index (κ3) is 6.44. The number of ether oxygens (including phenoxy) is 2. The van der Waals surface area contributed by atoms with E-state index >= 15 is 0 Å². The number of unbranched alkanes of at least 4 members (excludes halogenated alkanes) is 1. The number of furan rings is 1. The van der Waals surface area contributed by atoms with Crippen LogP contribution < -0.4 is 19.7 Å². The molecule has 0 aliphatic carbocycles. The fourth-order valence-electron chi connectivity index (χ4n) is 4.52. The zero-order chi connectivity index (χ0) is 26.2. The van der Waals surface area contributed by atoms with Crippen molar-refractivity contribution in [3.8, 4) is 11.5 Å². The van der Waals surface area contributed by atoms with Crippen LogP contribution in [-0.4, -0.2) is 50.6 Å². The van der Waals surface area contributed by atoms with Crippen LogP contribution in [0.5, 0.6) is 11.5 Å². The van der Waals surface area contributed by atoms with Crippen LogP contribution >= 0.6 is 0 Å². The van der Waals surface area contributed by atoms with Gasteiger partial charge in [0.2, 0.25) is 0 Å². The predicted octanol–water partition coefficient (Wildman–Crippen LogP) is 5.59. The number of carbonyl (C=O) groups is 2. The van der Waals surface area contributed by atoms with Crippen molar-refractivity contribution >= 4 is 23.2 Å². The Labute approximate surface area is 218 Å². The molecule has 2 aromatic carbocycles. The van der Waals surface area contributed by atoms with Gasteiger partial charge in [-0.2, -0.15) is 0 Å². The Morgan fingerprint density at radius 3 is 2.38 bits per heavy atom. The number of benzene rings is 2. The molecule has 1 aromatic heterocycles. The molecule has 8 nitrogen and oxygen atoms in total. The SMILES string of the molecule is CCCCN(Cc1ccco1)c1ccc(NC(=O)c2cc(OC)cc(OC)c2)cc1C(=O)N1CCCC1. The molecule has 0 spiro atoms. The first-order chi connectivity index (χ1) is 18.0. The normalized spacial score (nSPS) is 12.9. The highest BCUT2D eigenvalue weighted by atomic mass is 16.5. The summed E-state index contributed by atoms with van der Waals surface area (Å²) in [6.07, 6.45) is 5.68. The fraction of sp³-hybridized carbons (Fsp3) is 0.379. The van der Waals surface area contributed by atoms with Crippen molar-refractivity contribution in [2.24, 2.45) is 0 Å². The van der Waals surface area contributed by atoms with Crippen LogP contribution in [0, 0.1) is 0 Å². The fourth-order valence-corrected chi connectivity index (χ4v) is 4.52. The molecule has 8 heteroatoms. The minimum Gasteiger partial charge on any atom is -0.497 e. The molecule has 1 fully saturated rings. The van der Waals surface area contributed by atoms with Crippen LogP contribution in [0.4, 0.5) is 11.4 Å². The minimum atomic E-state index is -0.317. The third-order valence-corrected chi connectivity index (χ3v) is 6.54. The summed E-state index contributed by atoms with van der Waals surface area (Å²) in [5.41, 5.74) is 2.36. The van der Waals surface area contributed by atoms with E-state index in [-0.39, 0.29) is 11.8 Å². The Balaban J connectivity index is 1.67. The summed E-state index contributed by atoms with van der Waals surface area (Å²) in [6, 6.07) is 14.4. The maximum absolute atomic E-state index is 13.7. The molecule has 1 N–H and O–H groups in total. The van der Waals surface area contributed by atoms with E-state index < -0.39 is 0 Å². The van der Waals surface area contributed by atoms with Crippen LogP contribution in [0.25, 0.3) is 0 Å². The second-order valence-corrected chi connectivity index (χ2v) is 9.14. The lowest BCUT2D eigenvalue weighted by atomic mass is 10.1. The lowest BCUT2D eigenvalue weighted by Crippen LogP contribution is -2.31. The molecule has 1 saturated heterocycles. The van der Waals surface area contributed by atoms with Crippen LogP contribution in [0.2, 0.25) is 0 Å². The average Bonchev–Trinajstić information content (AvgIpc) is 3.65. The maximum Gasteiger partial charge on any atom is 0.256 e. The number of carbonyl (C=O) groups excluding carboxylic acids is 2. The molecule has 0 saturated carbocycles. The largest absolute Gasteiger partial charge is 0.497 e. The molecule has 0 bridgehead atoms. The smallest absolute Gasteiger partial charge is 0.256 e. The van der Waals surface area contributed by atoms with E-state index in [1.807, 2.05) is 29.2 Å². The number of likely N-dealkylation sites (tertiary alicyclic amines) is 1. The summed E-state index contributed by atoms with van der Waals surface area (Å²) < 4.78 is 16.2. The highest BCUT2D eigenvalue weighted by Crippen LogP contribution is 2.30. The van der Waals surface area contributed by atoms with Gasteiger partial charge >= 0.3 is 0 Å². The molecule has 4 rings (SSSR count). The summed E-state index contributed by atoms with van der Waals surface area (Å²) in [5, 5.41) is 2.94. The highest BCUT2D eigenvalue weighted by Gasteiger charge is 2.25. The quantitative estimate of drug-likeness (QED) is 0.366. The molecule has 37 heavy (non-hydrogen) atoms. The molecule has 0 unspecified atom stereocenters. The first-order valence-electron chi connectivity index (χ1n) is 12.8. The molecule has 0 atom stereocenters. The van der Waals surface area contributed by atoms with Crippen LogP contribution in [0.1, 0.15) is 59.1 Å². The zero-order valence-corrected chi connectivity index (χ0v) is 21.8. The van der Waals surface area contributed by atoms with Gasteiger partial charge in [0, 0.05) is 37.0 Å². The number of hydrogen-bond acceptors (Lipinski definition) is 6. The number of hydrogen-bond donors (Lipinski definition) is 1. The Bertz CT molecular complexity index is 1180. The molecular formula is C29H35N3O5. The van der Waals surface area contributed by atoms with Gasteiger partial charge in [-0.25, -0.2) is 0 Å². The van der Waals surface area contributed by atoms with E-state index in [1.54, 1.807) is 44.7 Å². The van der Waals surface area contributed by atoms with E-state index in [2.05, 4.69) is 17.1 Å². The van der Waals surface area contributed by atoms with Crippen molar-refractivity contribution in [2.45, 2.75) is 39.2 Å². The van der Waals surface area contributed by atoms with Crippen LogP contribution in [0.15, 0.2) is 59.2 Å².